The summed E-state index contributed by atoms with van der Waals surface area (Å²) in [7, 11) is -1.18. The Bertz CT molecular complexity index is 1460. The van der Waals surface area contributed by atoms with Gasteiger partial charge in [-0.1, -0.05) is 93.0 Å². The van der Waals surface area contributed by atoms with Gasteiger partial charge in [0.2, 0.25) is 5.28 Å². The van der Waals surface area contributed by atoms with E-state index in [4.69, 9.17) is 32.4 Å². The lowest BCUT2D eigenvalue weighted by Crippen LogP contribution is -2.67. The third-order valence-electron chi connectivity index (χ3n) is 7.48. The summed E-state index contributed by atoms with van der Waals surface area (Å²) in [5.74, 6) is 0.677. The predicted octanol–water partition coefficient (Wildman–Crippen LogP) is 7.03. The van der Waals surface area contributed by atoms with E-state index < -0.39 is 14.4 Å². The SMILES string of the molecule is COc1ccc(N(C(=O)NC(C)CO[Si](c2ccccc2)(c2ccccc2)C(C)(C)C)C(C)c2cnc(Cl)nc2Cl)cc1. The van der Waals surface area contributed by atoms with Gasteiger partial charge >= 0.3 is 6.03 Å². The molecule has 0 radical (unpaired) electrons. The van der Waals surface area contributed by atoms with Crippen LogP contribution >= 0.6 is 23.2 Å². The monoisotopic (exact) mass is 636 g/mol. The molecule has 226 valence electrons. The van der Waals surface area contributed by atoms with Crippen molar-refractivity contribution in [1.29, 1.82) is 0 Å². The van der Waals surface area contributed by atoms with Crippen LogP contribution in [0.1, 0.15) is 46.2 Å². The molecule has 0 fully saturated rings. The summed E-state index contributed by atoms with van der Waals surface area (Å²) in [4.78, 5) is 23.8. The first-order valence-corrected chi connectivity index (χ1v) is 16.8. The molecule has 1 heterocycles. The number of benzene rings is 3. The summed E-state index contributed by atoms with van der Waals surface area (Å²) in [5.41, 5.74) is 1.21. The number of ether oxygens (including phenoxy) is 1. The second kappa shape index (κ2) is 13.9. The van der Waals surface area contributed by atoms with Crippen molar-refractivity contribution < 1.29 is 14.0 Å². The zero-order valence-electron chi connectivity index (χ0n) is 25.3. The molecule has 10 heteroatoms. The highest BCUT2D eigenvalue weighted by molar-refractivity contribution is 6.99. The van der Waals surface area contributed by atoms with Crippen LogP contribution in [0.2, 0.25) is 15.5 Å². The number of methoxy groups -OCH3 is 1. The first-order valence-electron chi connectivity index (χ1n) is 14.1. The molecule has 0 saturated heterocycles. The Kier molecular flexibility index (Phi) is 10.5. The molecule has 0 aliphatic heterocycles. The molecule has 43 heavy (non-hydrogen) atoms. The van der Waals surface area contributed by atoms with Crippen molar-refractivity contribution in [1.82, 2.24) is 15.3 Å². The summed E-state index contributed by atoms with van der Waals surface area (Å²) in [6, 6.07) is 27.0. The van der Waals surface area contributed by atoms with E-state index in [0.717, 1.165) is 0 Å². The minimum Gasteiger partial charge on any atom is -0.497 e. The van der Waals surface area contributed by atoms with Gasteiger partial charge in [-0.15, -0.1) is 0 Å². The predicted molar refractivity (Wildman–Crippen MR) is 178 cm³/mol. The van der Waals surface area contributed by atoms with Crippen LogP contribution in [0.15, 0.2) is 91.1 Å². The fourth-order valence-electron chi connectivity index (χ4n) is 5.36. The number of hydrogen-bond donors (Lipinski definition) is 1. The molecule has 2 atom stereocenters. The fourth-order valence-corrected chi connectivity index (χ4v) is 10.5. The number of anilines is 1. The van der Waals surface area contributed by atoms with Crippen LogP contribution in [0.3, 0.4) is 0 Å². The Morgan fingerprint density at radius 2 is 1.49 bits per heavy atom. The average molecular weight is 638 g/mol. The molecule has 2 amide bonds. The normalized spacial score (nSPS) is 13.2. The van der Waals surface area contributed by atoms with Gasteiger partial charge in [0.1, 0.15) is 10.9 Å². The molecule has 3 aromatic carbocycles. The van der Waals surface area contributed by atoms with E-state index in [1.807, 2.05) is 38.1 Å². The van der Waals surface area contributed by atoms with Gasteiger partial charge < -0.3 is 14.5 Å². The first-order chi connectivity index (χ1) is 20.5. The van der Waals surface area contributed by atoms with Crippen LogP contribution in [-0.4, -0.2) is 44.1 Å². The first kappa shape index (κ1) is 32.5. The molecule has 1 aromatic heterocycles. The van der Waals surface area contributed by atoms with Crippen LogP contribution in [-0.2, 0) is 4.43 Å². The maximum atomic E-state index is 14.0. The van der Waals surface area contributed by atoms with Gasteiger partial charge in [0.15, 0.2) is 0 Å². The Labute approximate surface area is 265 Å². The number of urea groups is 1. The van der Waals surface area contributed by atoms with E-state index in [2.05, 4.69) is 84.6 Å². The smallest absolute Gasteiger partial charge is 0.322 e. The Morgan fingerprint density at radius 3 is 1.98 bits per heavy atom. The summed E-state index contributed by atoms with van der Waals surface area (Å²) in [6.45, 7) is 10.8. The van der Waals surface area contributed by atoms with Gasteiger partial charge in [0.05, 0.1) is 19.8 Å². The minimum absolute atomic E-state index is 0.0375. The number of amides is 2. The molecule has 0 aliphatic rings. The molecule has 0 spiro atoms. The number of rotatable bonds is 10. The zero-order chi connectivity index (χ0) is 31.2. The number of hydrogen-bond acceptors (Lipinski definition) is 5. The summed E-state index contributed by atoms with van der Waals surface area (Å²) >= 11 is 12.4. The highest BCUT2D eigenvalue weighted by Crippen LogP contribution is 2.37. The Hall–Kier alpha value is -3.43. The molecule has 4 rings (SSSR count). The van der Waals surface area contributed by atoms with Gasteiger partial charge in [0, 0.05) is 23.5 Å². The van der Waals surface area contributed by atoms with Crippen molar-refractivity contribution >= 4 is 53.6 Å². The highest BCUT2D eigenvalue weighted by Gasteiger charge is 2.50. The number of aromatic nitrogens is 2. The number of nitrogens with one attached hydrogen (secondary N) is 1. The summed E-state index contributed by atoms with van der Waals surface area (Å²) in [6.07, 6.45) is 1.54. The Balaban J connectivity index is 1.64. The number of carbonyl (C=O) groups is 1. The maximum absolute atomic E-state index is 14.0. The quantitative estimate of drug-likeness (QED) is 0.115. The van der Waals surface area contributed by atoms with Crippen LogP contribution in [0.25, 0.3) is 0 Å². The maximum Gasteiger partial charge on any atom is 0.322 e. The van der Waals surface area contributed by atoms with Crippen LogP contribution < -0.4 is 25.3 Å². The largest absolute Gasteiger partial charge is 0.497 e. The van der Waals surface area contributed by atoms with E-state index >= 15 is 0 Å². The molecular weight excluding hydrogens is 599 g/mol. The van der Waals surface area contributed by atoms with E-state index in [1.54, 1.807) is 30.3 Å². The zero-order valence-corrected chi connectivity index (χ0v) is 27.9. The van der Waals surface area contributed by atoms with E-state index in [-0.39, 0.29) is 27.5 Å². The van der Waals surface area contributed by atoms with E-state index in [0.29, 0.717) is 23.6 Å². The van der Waals surface area contributed by atoms with Crippen molar-refractivity contribution in [2.24, 2.45) is 0 Å². The lowest BCUT2D eigenvalue weighted by Gasteiger charge is -2.43. The van der Waals surface area contributed by atoms with Gasteiger partial charge in [-0.05, 0) is 65.1 Å². The van der Waals surface area contributed by atoms with Crippen molar-refractivity contribution in [3.8, 4) is 5.75 Å². The van der Waals surface area contributed by atoms with Gasteiger partial charge in [-0.3, -0.25) is 4.90 Å². The average Bonchev–Trinajstić information content (AvgIpc) is 2.98. The van der Waals surface area contributed by atoms with E-state index in [1.165, 1.54) is 10.4 Å². The second-order valence-electron chi connectivity index (χ2n) is 11.5. The summed E-state index contributed by atoms with van der Waals surface area (Å²) < 4.78 is 12.4. The molecule has 0 saturated carbocycles. The van der Waals surface area contributed by atoms with Gasteiger partial charge in [-0.25, -0.2) is 14.8 Å². The molecule has 0 bridgehead atoms. The minimum atomic E-state index is -2.78. The topological polar surface area (TPSA) is 76.6 Å². The van der Waals surface area contributed by atoms with Gasteiger partial charge in [-0.2, -0.15) is 0 Å². The molecule has 4 aromatic rings. The van der Waals surface area contributed by atoms with Crippen LogP contribution in [0.4, 0.5) is 10.5 Å². The lowest BCUT2D eigenvalue weighted by molar-refractivity contribution is 0.226. The van der Waals surface area contributed by atoms with Crippen molar-refractivity contribution in [3.05, 3.63) is 107 Å². The molecule has 7 nitrogen and oxygen atoms in total. The fraction of sp³-hybridized carbons (Fsp3) is 0.303. The van der Waals surface area contributed by atoms with Crippen molar-refractivity contribution in [2.75, 3.05) is 18.6 Å². The van der Waals surface area contributed by atoms with Crippen LogP contribution in [0, 0.1) is 0 Å². The second-order valence-corrected chi connectivity index (χ2v) is 16.5. The van der Waals surface area contributed by atoms with Gasteiger partial charge in [0.25, 0.3) is 8.32 Å². The standard InChI is InChI=1S/C33H38Cl2N4O3Si/c1-23(22-42-43(33(3,4)5,27-13-9-7-10-14-27)28-15-11-8-12-16-28)37-32(40)39(25-17-19-26(41-6)20-18-25)24(2)29-21-36-31(35)38-30(29)34/h7-21,23-24H,22H2,1-6H3,(H,37,40). The van der Waals surface area contributed by atoms with Crippen molar-refractivity contribution in [3.63, 3.8) is 0 Å². The lowest BCUT2D eigenvalue weighted by atomic mass is 10.1. The Morgan fingerprint density at radius 1 is 0.930 bits per heavy atom. The molecular formula is C33H38Cl2N4O3Si. The summed E-state index contributed by atoms with van der Waals surface area (Å²) in [5, 5.41) is 5.55. The highest BCUT2D eigenvalue weighted by atomic mass is 35.5. The third-order valence-corrected chi connectivity index (χ3v) is 13.0. The van der Waals surface area contributed by atoms with E-state index in [9.17, 15) is 4.79 Å². The molecule has 1 N–H and O–H groups in total. The number of carbonyl (C=O) groups excluding carboxylic acids is 1. The number of nitrogens with zero attached hydrogens (tertiary/aromatic N) is 3. The molecule has 2 unspecified atom stereocenters. The molecule has 0 aliphatic carbocycles. The third kappa shape index (κ3) is 7.21. The van der Waals surface area contributed by atoms with Crippen LogP contribution in [0.5, 0.6) is 5.75 Å². The van der Waals surface area contributed by atoms with Crippen molar-refractivity contribution in [2.45, 2.75) is 51.7 Å². The number of halogens is 2.